The number of hydrogen-bond donors (Lipinski definition) is 1. The van der Waals surface area contributed by atoms with E-state index < -0.39 is 17.6 Å². The van der Waals surface area contributed by atoms with Crippen molar-refractivity contribution in [3.05, 3.63) is 84.6 Å². The second-order valence-electron chi connectivity index (χ2n) is 9.57. The molecule has 2 amide bonds. The molecular weight excluding hydrogens is 510 g/mol. The Labute approximate surface area is 230 Å². The Morgan fingerprint density at radius 1 is 0.875 bits per heavy atom. The third kappa shape index (κ3) is 4.55. The topological polar surface area (TPSA) is 123 Å². The fourth-order valence-corrected chi connectivity index (χ4v) is 5.17. The fourth-order valence-electron chi connectivity index (χ4n) is 5.17. The van der Waals surface area contributed by atoms with Crippen LogP contribution in [-0.2, 0) is 9.59 Å². The molecule has 2 aliphatic rings. The molecule has 11 heteroatoms. The highest BCUT2D eigenvalue weighted by Gasteiger charge is 2.39. The first-order valence-electron chi connectivity index (χ1n) is 13.0. The van der Waals surface area contributed by atoms with Gasteiger partial charge in [-0.1, -0.05) is 18.2 Å². The van der Waals surface area contributed by atoms with Gasteiger partial charge in [0, 0.05) is 74.2 Å². The molecule has 1 saturated heterocycles. The van der Waals surface area contributed by atoms with Crippen LogP contribution in [-0.4, -0.2) is 86.8 Å². The number of carbonyl (C=O) groups is 3. The molecule has 0 aliphatic carbocycles. The van der Waals surface area contributed by atoms with Crippen molar-refractivity contribution in [1.82, 2.24) is 29.3 Å². The Morgan fingerprint density at radius 3 is 2.23 bits per heavy atom. The first-order chi connectivity index (χ1) is 19.5. The van der Waals surface area contributed by atoms with Gasteiger partial charge in [0.25, 0.3) is 11.8 Å². The van der Waals surface area contributed by atoms with Crippen LogP contribution < -0.4 is 10.1 Å². The summed E-state index contributed by atoms with van der Waals surface area (Å²) in [6, 6.07) is 12.8. The number of rotatable bonds is 6. The van der Waals surface area contributed by atoms with Crippen LogP contribution >= 0.6 is 0 Å². The standard InChI is InChI=1S/C29H27N7O4/c1-40-22-18-31-24(20-15-32-29(33-16-20)36-9-5-6-10-36)25-23(22)21(17-30-25)26(37)28(39)35-13-11-34(12-14-35)27(38)19-7-3-2-4-8-19/h2-10,15-16,18,21,30H,11-14,17H2,1H3. The van der Waals surface area contributed by atoms with Gasteiger partial charge in [-0.15, -0.1) is 0 Å². The third-order valence-electron chi connectivity index (χ3n) is 7.28. The summed E-state index contributed by atoms with van der Waals surface area (Å²) in [6.45, 7) is 1.55. The molecule has 5 heterocycles. The van der Waals surface area contributed by atoms with Gasteiger partial charge < -0.3 is 19.9 Å². The first kappa shape index (κ1) is 25.2. The van der Waals surface area contributed by atoms with E-state index in [1.54, 1.807) is 40.2 Å². The molecular formula is C29H27N7O4. The summed E-state index contributed by atoms with van der Waals surface area (Å²) in [5.74, 6) is -0.949. The molecule has 1 aromatic carbocycles. The van der Waals surface area contributed by atoms with Crippen LogP contribution in [0.2, 0.25) is 0 Å². The van der Waals surface area contributed by atoms with Crippen LogP contribution in [0.15, 0.2) is 73.4 Å². The minimum absolute atomic E-state index is 0.0805. The molecule has 0 radical (unpaired) electrons. The molecule has 11 nitrogen and oxygen atoms in total. The van der Waals surface area contributed by atoms with E-state index in [2.05, 4.69) is 20.3 Å². The Bertz CT molecular complexity index is 1550. The van der Waals surface area contributed by atoms with E-state index in [-0.39, 0.29) is 12.5 Å². The lowest BCUT2D eigenvalue weighted by atomic mass is 9.94. The van der Waals surface area contributed by atoms with Crippen molar-refractivity contribution in [2.24, 2.45) is 0 Å². The van der Waals surface area contributed by atoms with E-state index in [0.717, 1.165) is 0 Å². The molecule has 1 N–H and O–H groups in total. The third-order valence-corrected chi connectivity index (χ3v) is 7.28. The number of fused-ring (bicyclic) bond motifs is 1. The largest absolute Gasteiger partial charge is 0.495 e. The quantitative estimate of drug-likeness (QED) is 0.372. The van der Waals surface area contributed by atoms with Crippen molar-refractivity contribution in [1.29, 1.82) is 0 Å². The number of piperazine rings is 1. The maximum Gasteiger partial charge on any atom is 0.290 e. The number of amides is 2. The van der Waals surface area contributed by atoms with Crippen LogP contribution in [0.4, 0.5) is 5.69 Å². The van der Waals surface area contributed by atoms with Gasteiger partial charge in [-0.2, -0.15) is 0 Å². The number of aromatic nitrogens is 4. The number of nitrogens with one attached hydrogen (secondary N) is 1. The smallest absolute Gasteiger partial charge is 0.290 e. The number of Topliss-reactive ketones (excluding diaryl/α,β-unsaturated/α-hetero) is 1. The van der Waals surface area contributed by atoms with E-state index >= 15 is 0 Å². The van der Waals surface area contributed by atoms with Gasteiger partial charge in [-0.3, -0.25) is 23.9 Å². The molecule has 202 valence electrons. The minimum atomic E-state index is -0.733. The lowest BCUT2D eigenvalue weighted by Crippen LogP contribution is -2.52. The Balaban J connectivity index is 1.19. The Morgan fingerprint density at radius 2 is 1.55 bits per heavy atom. The second kappa shape index (κ2) is 10.6. The summed E-state index contributed by atoms with van der Waals surface area (Å²) in [5, 5.41) is 3.27. The number of ketones is 1. The highest BCUT2D eigenvalue weighted by molar-refractivity contribution is 6.38. The van der Waals surface area contributed by atoms with Crippen LogP contribution in [0.3, 0.4) is 0 Å². The van der Waals surface area contributed by atoms with Crippen molar-refractivity contribution < 1.29 is 19.1 Å². The molecule has 3 aromatic heterocycles. The lowest BCUT2D eigenvalue weighted by molar-refractivity contribution is -0.146. The summed E-state index contributed by atoms with van der Waals surface area (Å²) in [6.07, 6.45) is 8.62. The number of methoxy groups -OCH3 is 1. The van der Waals surface area contributed by atoms with E-state index in [1.807, 2.05) is 42.7 Å². The van der Waals surface area contributed by atoms with Crippen LogP contribution in [0.25, 0.3) is 17.2 Å². The maximum absolute atomic E-state index is 13.5. The van der Waals surface area contributed by atoms with Crippen LogP contribution in [0.5, 0.6) is 5.75 Å². The number of benzene rings is 1. The number of anilines is 1. The molecule has 40 heavy (non-hydrogen) atoms. The molecule has 1 unspecified atom stereocenters. The number of nitrogens with zero attached hydrogens (tertiary/aromatic N) is 6. The number of carbonyl (C=O) groups excluding carboxylic acids is 3. The van der Waals surface area contributed by atoms with Gasteiger partial charge in [0.05, 0.1) is 30.6 Å². The maximum atomic E-state index is 13.5. The highest BCUT2D eigenvalue weighted by Crippen LogP contribution is 2.43. The Kier molecular flexibility index (Phi) is 6.69. The average molecular weight is 538 g/mol. The summed E-state index contributed by atoms with van der Waals surface area (Å²) in [4.78, 5) is 56.3. The first-order valence-corrected chi connectivity index (χ1v) is 13.0. The summed E-state index contributed by atoms with van der Waals surface area (Å²) >= 11 is 0. The molecule has 1 fully saturated rings. The molecule has 4 aromatic rings. The molecule has 0 spiro atoms. The van der Waals surface area contributed by atoms with E-state index in [4.69, 9.17) is 4.74 Å². The normalized spacial score (nSPS) is 16.3. The predicted molar refractivity (Wildman–Crippen MR) is 146 cm³/mol. The number of ether oxygens (including phenoxy) is 1. The summed E-state index contributed by atoms with van der Waals surface area (Å²) in [5.41, 5.74) is 3.07. The Hall–Kier alpha value is -5.06. The zero-order valence-corrected chi connectivity index (χ0v) is 21.9. The van der Waals surface area contributed by atoms with Crippen molar-refractivity contribution in [3.63, 3.8) is 0 Å². The highest BCUT2D eigenvalue weighted by atomic mass is 16.5. The summed E-state index contributed by atoms with van der Waals surface area (Å²) in [7, 11) is 1.51. The van der Waals surface area contributed by atoms with Crippen LogP contribution in [0.1, 0.15) is 21.8 Å². The number of pyridine rings is 1. The van der Waals surface area contributed by atoms with Gasteiger partial charge in [0.15, 0.2) is 0 Å². The van der Waals surface area contributed by atoms with Crippen molar-refractivity contribution in [2.45, 2.75) is 5.92 Å². The van der Waals surface area contributed by atoms with E-state index in [0.29, 0.717) is 65.9 Å². The van der Waals surface area contributed by atoms with Gasteiger partial charge in [-0.05, 0) is 24.3 Å². The average Bonchev–Trinajstić information content (AvgIpc) is 3.72. The number of hydrogen-bond acceptors (Lipinski definition) is 8. The molecule has 1 atom stereocenters. The predicted octanol–water partition coefficient (Wildman–Crippen LogP) is 2.40. The second-order valence-corrected chi connectivity index (χ2v) is 9.57. The summed E-state index contributed by atoms with van der Waals surface area (Å²) < 4.78 is 7.34. The zero-order chi connectivity index (χ0) is 27.6. The lowest BCUT2D eigenvalue weighted by Gasteiger charge is -2.34. The van der Waals surface area contributed by atoms with Gasteiger partial charge in [0.2, 0.25) is 11.7 Å². The van der Waals surface area contributed by atoms with E-state index in [1.165, 1.54) is 12.0 Å². The van der Waals surface area contributed by atoms with Crippen molar-refractivity contribution in [2.75, 3.05) is 45.2 Å². The van der Waals surface area contributed by atoms with Gasteiger partial charge in [0.1, 0.15) is 5.75 Å². The van der Waals surface area contributed by atoms with Crippen LogP contribution in [0, 0.1) is 0 Å². The monoisotopic (exact) mass is 537 g/mol. The minimum Gasteiger partial charge on any atom is -0.495 e. The van der Waals surface area contributed by atoms with Crippen molar-refractivity contribution >= 4 is 23.3 Å². The molecule has 6 rings (SSSR count). The van der Waals surface area contributed by atoms with Gasteiger partial charge >= 0.3 is 0 Å². The SMILES string of the molecule is COc1cnc(-c2cnc(-n3cccc3)nc2)c2c1C(C(=O)C(=O)N1CCN(C(=O)c3ccccc3)CC1)CN2. The van der Waals surface area contributed by atoms with Gasteiger partial charge in [-0.25, -0.2) is 9.97 Å². The molecule has 2 aliphatic heterocycles. The molecule has 0 saturated carbocycles. The molecule has 0 bridgehead atoms. The fraction of sp³-hybridized carbons (Fsp3) is 0.241. The van der Waals surface area contributed by atoms with E-state index in [9.17, 15) is 14.4 Å². The van der Waals surface area contributed by atoms with Crippen molar-refractivity contribution in [3.8, 4) is 23.0 Å². The zero-order valence-electron chi connectivity index (χ0n) is 21.9.